The standard InChI is InChI=1S/C12H23N3O2.2ClH/c1-3-14-6-7-17-11(9-14)12(16)15-5-4-13-8-10(15)2;;/h10-11,13H,3-9H2,1-2H3;2*1H/t10-,11?;;/m1../s1. The lowest BCUT2D eigenvalue weighted by molar-refractivity contribution is -0.152. The number of carbonyl (C=O) groups is 1. The summed E-state index contributed by atoms with van der Waals surface area (Å²) in [5.74, 6) is 0.164. The van der Waals surface area contributed by atoms with Crippen LogP contribution < -0.4 is 5.32 Å². The number of hydrogen-bond acceptors (Lipinski definition) is 4. The Morgan fingerprint density at radius 3 is 2.74 bits per heavy atom. The fourth-order valence-corrected chi connectivity index (χ4v) is 2.49. The quantitative estimate of drug-likeness (QED) is 0.800. The Hall–Kier alpha value is -0.0700. The molecule has 0 aromatic rings. The molecule has 1 unspecified atom stereocenters. The Morgan fingerprint density at radius 2 is 2.11 bits per heavy atom. The number of morpholine rings is 1. The van der Waals surface area contributed by atoms with Gasteiger partial charge >= 0.3 is 0 Å². The molecule has 2 atom stereocenters. The van der Waals surface area contributed by atoms with E-state index in [9.17, 15) is 4.79 Å². The second kappa shape index (κ2) is 8.97. The minimum Gasteiger partial charge on any atom is -0.366 e. The van der Waals surface area contributed by atoms with Gasteiger partial charge in [-0.3, -0.25) is 9.69 Å². The van der Waals surface area contributed by atoms with E-state index >= 15 is 0 Å². The van der Waals surface area contributed by atoms with E-state index in [1.54, 1.807) is 0 Å². The van der Waals surface area contributed by atoms with E-state index in [0.717, 1.165) is 39.3 Å². The number of rotatable bonds is 2. The summed E-state index contributed by atoms with van der Waals surface area (Å²) >= 11 is 0. The van der Waals surface area contributed by atoms with Crippen LogP contribution in [0.15, 0.2) is 0 Å². The topological polar surface area (TPSA) is 44.8 Å². The van der Waals surface area contributed by atoms with Crippen molar-refractivity contribution in [2.24, 2.45) is 0 Å². The molecule has 19 heavy (non-hydrogen) atoms. The van der Waals surface area contributed by atoms with Crippen molar-refractivity contribution in [3.63, 3.8) is 0 Å². The summed E-state index contributed by atoms with van der Waals surface area (Å²) in [5, 5.41) is 3.30. The summed E-state index contributed by atoms with van der Waals surface area (Å²) in [5.41, 5.74) is 0. The van der Waals surface area contributed by atoms with E-state index in [1.165, 1.54) is 0 Å². The Balaban J connectivity index is 0.00000162. The number of nitrogens with zero attached hydrogens (tertiary/aromatic N) is 2. The van der Waals surface area contributed by atoms with E-state index in [0.29, 0.717) is 6.61 Å². The molecule has 0 aromatic carbocycles. The lowest BCUT2D eigenvalue weighted by Crippen LogP contribution is -2.58. The van der Waals surface area contributed by atoms with Crippen LogP contribution in [0, 0.1) is 0 Å². The molecular formula is C12H25Cl2N3O2. The molecule has 2 aliphatic heterocycles. The predicted molar refractivity (Wildman–Crippen MR) is 80.4 cm³/mol. The molecule has 0 bridgehead atoms. The van der Waals surface area contributed by atoms with Crippen LogP contribution in [-0.2, 0) is 9.53 Å². The number of likely N-dealkylation sites (N-methyl/N-ethyl adjacent to an activating group) is 1. The van der Waals surface area contributed by atoms with Gasteiger partial charge in [-0.1, -0.05) is 6.92 Å². The smallest absolute Gasteiger partial charge is 0.253 e. The van der Waals surface area contributed by atoms with Crippen LogP contribution in [0.25, 0.3) is 0 Å². The largest absolute Gasteiger partial charge is 0.366 e. The monoisotopic (exact) mass is 313 g/mol. The van der Waals surface area contributed by atoms with Gasteiger partial charge in [0, 0.05) is 38.8 Å². The van der Waals surface area contributed by atoms with Gasteiger partial charge < -0.3 is 15.0 Å². The molecule has 1 amide bonds. The molecule has 1 N–H and O–H groups in total. The lowest BCUT2D eigenvalue weighted by Gasteiger charge is -2.39. The molecule has 114 valence electrons. The van der Waals surface area contributed by atoms with Crippen LogP contribution in [0.3, 0.4) is 0 Å². The van der Waals surface area contributed by atoms with Gasteiger partial charge in [0.1, 0.15) is 6.10 Å². The predicted octanol–water partition coefficient (Wildman–Crippen LogP) is 0.371. The van der Waals surface area contributed by atoms with Crippen molar-refractivity contribution in [3.05, 3.63) is 0 Å². The first kappa shape index (κ1) is 18.9. The maximum absolute atomic E-state index is 12.4. The summed E-state index contributed by atoms with van der Waals surface area (Å²) in [6.07, 6.45) is -0.260. The highest BCUT2D eigenvalue weighted by Gasteiger charge is 2.32. The maximum Gasteiger partial charge on any atom is 0.253 e. The fraction of sp³-hybridized carbons (Fsp3) is 0.917. The van der Waals surface area contributed by atoms with Gasteiger partial charge in [0.25, 0.3) is 5.91 Å². The van der Waals surface area contributed by atoms with Crippen molar-refractivity contribution in [2.75, 3.05) is 45.9 Å². The molecule has 2 saturated heterocycles. The van der Waals surface area contributed by atoms with E-state index in [2.05, 4.69) is 24.1 Å². The highest BCUT2D eigenvalue weighted by Crippen LogP contribution is 2.11. The molecule has 7 heteroatoms. The van der Waals surface area contributed by atoms with Crippen LogP contribution >= 0.6 is 24.8 Å². The van der Waals surface area contributed by atoms with Crippen molar-refractivity contribution in [2.45, 2.75) is 26.0 Å². The zero-order chi connectivity index (χ0) is 12.3. The van der Waals surface area contributed by atoms with Crippen molar-refractivity contribution in [1.29, 1.82) is 0 Å². The van der Waals surface area contributed by atoms with Crippen molar-refractivity contribution in [3.8, 4) is 0 Å². The zero-order valence-electron chi connectivity index (χ0n) is 11.6. The van der Waals surface area contributed by atoms with E-state index in [4.69, 9.17) is 4.74 Å². The Bertz CT molecular complexity index is 282. The minimum atomic E-state index is -0.260. The normalized spacial score (nSPS) is 28.2. The number of carbonyl (C=O) groups excluding carboxylic acids is 1. The summed E-state index contributed by atoms with van der Waals surface area (Å²) < 4.78 is 5.62. The second-order valence-corrected chi connectivity index (χ2v) is 4.84. The minimum absolute atomic E-state index is 0. The average Bonchev–Trinajstić information content (AvgIpc) is 2.38. The van der Waals surface area contributed by atoms with Gasteiger partial charge in [0.05, 0.1) is 6.61 Å². The summed E-state index contributed by atoms with van der Waals surface area (Å²) in [7, 11) is 0. The van der Waals surface area contributed by atoms with E-state index in [-0.39, 0.29) is 42.9 Å². The number of piperazine rings is 1. The Labute approximate surface area is 127 Å². The van der Waals surface area contributed by atoms with Gasteiger partial charge in [0.15, 0.2) is 0 Å². The van der Waals surface area contributed by atoms with Gasteiger partial charge in [-0.15, -0.1) is 24.8 Å². The zero-order valence-corrected chi connectivity index (χ0v) is 13.3. The summed E-state index contributed by atoms with van der Waals surface area (Å²) in [6.45, 7) is 10.1. The SMILES string of the molecule is CCN1CCOC(C(=O)N2CCNC[C@H]2C)C1.Cl.Cl. The van der Waals surface area contributed by atoms with Crippen LogP contribution in [0.2, 0.25) is 0 Å². The molecule has 0 spiro atoms. The Morgan fingerprint density at radius 1 is 1.37 bits per heavy atom. The molecule has 2 rings (SSSR count). The number of halogens is 2. The first-order valence-corrected chi connectivity index (χ1v) is 6.57. The van der Waals surface area contributed by atoms with Crippen LogP contribution in [-0.4, -0.2) is 73.7 Å². The van der Waals surface area contributed by atoms with Gasteiger partial charge in [-0.05, 0) is 13.5 Å². The molecule has 2 aliphatic rings. The second-order valence-electron chi connectivity index (χ2n) is 4.84. The molecule has 2 heterocycles. The van der Waals surface area contributed by atoms with Crippen molar-refractivity contribution in [1.82, 2.24) is 15.1 Å². The van der Waals surface area contributed by atoms with Crippen molar-refractivity contribution >= 4 is 30.7 Å². The van der Waals surface area contributed by atoms with Crippen molar-refractivity contribution < 1.29 is 9.53 Å². The average molecular weight is 314 g/mol. The first-order chi connectivity index (χ1) is 8.22. The first-order valence-electron chi connectivity index (χ1n) is 6.57. The van der Waals surface area contributed by atoms with Gasteiger partial charge in [-0.2, -0.15) is 0 Å². The molecule has 0 aliphatic carbocycles. The molecule has 0 aromatic heterocycles. The molecule has 5 nitrogen and oxygen atoms in total. The summed E-state index contributed by atoms with van der Waals surface area (Å²) in [4.78, 5) is 16.6. The number of nitrogens with one attached hydrogen (secondary N) is 1. The highest BCUT2D eigenvalue weighted by atomic mass is 35.5. The number of amides is 1. The van der Waals surface area contributed by atoms with E-state index in [1.807, 2.05) is 4.90 Å². The van der Waals surface area contributed by atoms with Crippen LogP contribution in [0.5, 0.6) is 0 Å². The third kappa shape index (κ3) is 4.76. The third-order valence-electron chi connectivity index (χ3n) is 3.66. The molecule has 2 fully saturated rings. The Kier molecular flexibility index (Phi) is 8.94. The maximum atomic E-state index is 12.4. The summed E-state index contributed by atoms with van der Waals surface area (Å²) in [6, 6.07) is 0.275. The highest BCUT2D eigenvalue weighted by molar-refractivity contribution is 5.85. The molecule has 0 radical (unpaired) electrons. The van der Waals surface area contributed by atoms with Crippen LogP contribution in [0.1, 0.15) is 13.8 Å². The lowest BCUT2D eigenvalue weighted by atomic mass is 10.1. The number of ether oxygens (including phenoxy) is 1. The molecular weight excluding hydrogens is 289 g/mol. The fourth-order valence-electron chi connectivity index (χ4n) is 2.49. The third-order valence-corrected chi connectivity index (χ3v) is 3.66. The van der Waals surface area contributed by atoms with Gasteiger partial charge in [-0.25, -0.2) is 0 Å². The van der Waals surface area contributed by atoms with Crippen LogP contribution in [0.4, 0.5) is 0 Å². The molecule has 0 saturated carbocycles. The van der Waals surface area contributed by atoms with E-state index < -0.39 is 0 Å². The number of hydrogen-bond donors (Lipinski definition) is 1. The van der Waals surface area contributed by atoms with Gasteiger partial charge in [0.2, 0.25) is 0 Å².